The molecule has 3 heteroatoms. The van der Waals surface area contributed by atoms with E-state index in [4.69, 9.17) is 0 Å². The molecule has 1 aromatic rings. The molecule has 1 fully saturated rings. The van der Waals surface area contributed by atoms with Crippen LogP contribution in [0.15, 0.2) is 17.5 Å². The third-order valence-corrected chi connectivity index (χ3v) is 3.91. The number of likely N-dealkylation sites (tertiary alicyclic amines) is 1. The zero-order chi connectivity index (χ0) is 10.5. The van der Waals surface area contributed by atoms with Crippen LogP contribution >= 0.6 is 11.3 Å². The second kappa shape index (κ2) is 5.64. The lowest BCUT2D eigenvalue weighted by Crippen LogP contribution is -2.23. The summed E-state index contributed by atoms with van der Waals surface area (Å²) < 4.78 is 0. The fourth-order valence-electron chi connectivity index (χ4n) is 2.10. The molecule has 1 aliphatic rings. The first-order valence-electron chi connectivity index (χ1n) is 5.77. The van der Waals surface area contributed by atoms with E-state index in [2.05, 4.69) is 22.4 Å². The average molecular weight is 225 g/mol. The van der Waals surface area contributed by atoms with E-state index in [0.717, 1.165) is 26.1 Å². The summed E-state index contributed by atoms with van der Waals surface area (Å²) in [6.07, 6.45) is 4.64. The van der Waals surface area contributed by atoms with Gasteiger partial charge in [-0.2, -0.15) is 0 Å². The normalized spacial score (nSPS) is 22.3. The van der Waals surface area contributed by atoms with Gasteiger partial charge in [0.1, 0.15) is 0 Å². The van der Waals surface area contributed by atoms with Crippen molar-refractivity contribution in [3.05, 3.63) is 22.4 Å². The van der Waals surface area contributed by atoms with Gasteiger partial charge < -0.3 is 10.0 Å². The van der Waals surface area contributed by atoms with E-state index in [1.54, 1.807) is 0 Å². The summed E-state index contributed by atoms with van der Waals surface area (Å²) in [5.41, 5.74) is 0. The Labute approximate surface area is 95.5 Å². The lowest BCUT2D eigenvalue weighted by molar-refractivity contribution is 0.176. The van der Waals surface area contributed by atoms with Crippen LogP contribution in [0.25, 0.3) is 0 Å². The molecule has 1 aromatic heterocycles. The van der Waals surface area contributed by atoms with Gasteiger partial charge in [-0.1, -0.05) is 6.07 Å². The maximum atomic E-state index is 9.37. The summed E-state index contributed by atoms with van der Waals surface area (Å²) in [4.78, 5) is 3.87. The molecule has 2 heterocycles. The molecule has 0 bridgehead atoms. The van der Waals surface area contributed by atoms with Crippen LogP contribution < -0.4 is 0 Å². The minimum Gasteiger partial charge on any atom is -0.392 e. The molecule has 0 spiro atoms. The van der Waals surface area contributed by atoms with Gasteiger partial charge in [-0.25, -0.2) is 0 Å². The number of hydrogen-bond acceptors (Lipinski definition) is 3. The molecule has 0 aromatic carbocycles. The zero-order valence-electron chi connectivity index (χ0n) is 9.06. The van der Waals surface area contributed by atoms with E-state index in [-0.39, 0.29) is 6.10 Å². The molecular formula is C12H19NOS. The second-order valence-electron chi connectivity index (χ2n) is 4.28. The summed E-state index contributed by atoms with van der Waals surface area (Å²) in [5.74, 6) is 0. The van der Waals surface area contributed by atoms with Crippen molar-refractivity contribution in [2.45, 2.75) is 31.8 Å². The predicted octanol–water partition coefficient (Wildman–Crippen LogP) is 2.14. The summed E-state index contributed by atoms with van der Waals surface area (Å²) in [6.45, 7) is 3.13. The molecule has 0 aliphatic carbocycles. The Kier molecular flexibility index (Phi) is 4.18. The Bertz CT molecular complexity index is 273. The molecule has 1 N–H and O–H groups in total. The monoisotopic (exact) mass is 225 g/mol. The SMILES string of the molecule is O[C@@H]1CCN(CCCCc2cccs2)C1. The van der Waals surface area contributed by atoms with E-state index in [1.165, 1.54) is 24.1 Å². The smallest absolute Gasteiger partial charge is 0.0679 e. The van der Waals surface area contributed by atoms with Crippen LogP contribution in [0.4, 0.5) is 0 Å². The Hall–Kier alpha value is -0.380. The first-order valence-corrected chi connectivity index (χ1v) is 6.65. The molecule has 0 unspecified atom stereocenters. The second-order valence-corrected chi connectivity index (χ2v) is 5.31. The topological polar surface area (TPSA) is 23.5 Å². The molecule has 0 radical (unpaired) electrons. The van der Waals surface area contributed by atoms with Gasteiger partial charge in [0.25, 0.3) is 0 Å². The minimum absolute atomic E-state index is 0.0673. The van der Waals surface area contributed by atoms with Crippen LogP contribution in [-0.2, 0) is 6.42 Å². The number of β-amino-alcohol motifs (C(OH)–C–C–N with tert-alkyl or cyclic N) is 1. The van der Waals surface area contributed by atoms with Gasteiger partial charge in [-0.3, -0.25) is 0 Å². The molecular weight excluding hydrogens is 206 g/mol. The third-order valence-electron chi connectivity index (χ3n) is 2.98. The zero-order valence-corrected chi connectivity index (χ0v) is 9.88. The number of aliphatic hydroxyl groups is 1. The molecule has 1 aliphatic heterocycles. The quantitative estimate of drug-likeness (QED) is 0.776. The number of thiophene rings is 1. The third kappa shape index (κ3) is 3.59. The number of aliphatic hydroxyl groups excluding tert-OH is 1. The molecule has 1 saturated heterocycles. The maximum Gasteiger partial charge on any atom is 0.0679 e. The minimum atomic E-state index is -0.0673. The molecule has 15 heavy (non-hydrogen) atoms. The Balaban J connectivity index is 1.55. The van der Waals surface area contributed by atoms with Crippen molar-refractivity contribution in [3.8, 4) is 0 Å². The maximum absolute atomic E-state index is 9.37. The van der Waals surface area contributed by atoms with Gasteiger partial charge in [0, 0.05) is 18.0 Å². The predicted molar refractivity (Wildman–Crippen MR) is 64.3 cm³/mol. The lowest BCUT2D eigenvalue weighted by atomic mass is 10.2. The number of nitrogens with zero attached hydrogens (tertiary/aromatic N) is 1. The molecule has 0 saturated carbocycles. The van der Waals surface area contributed by atoms with Crippen molar-refractivity contribution < 1.29 is 5.11 Å². The summed E-state index contributed by atoms with van der Waals surface area (Å²) >= 11 is 1.85. The van der Waals surface area contributed by atoms with Crippen molar-refractivity contribution in [2.24, 2.45) is 0 Å². The Morgan fingerprint density at radius 2 is 2.40 bits per heavy atom. The van der Waals surface area contributed by atoms with E-state index in [1.807, 2.05) is 11.3 Å². The van der Waals surface area contributed by atoms with E-state index >= 15 is 0 Å². The number of rotatable bonds is 5. The lowest BCUT2D eigenvalue weighted by Gasteiger charge is -2.13. The molecule has 1 atom stereocenters. The van der Waals surface area contributed by atoms with Crippen LogP contribution in [0.2, 0.25) is 0 Å². The molecule has 2 rings (SSSR count). The first-order chi connectivity index (χ1) is 7.34. The molecule has 84 valence electrons. The van der Waals surface area contributed by atoms with Gasteiger partial charge in [-0.05, 0) is 43.7 Å². The van der Waals surface area contributed by atoms with Crippen molar-refractivity contribution >= 4 is 11.3 Å². The summed E-state index contributed by atoms with van der Waals surface area (Å²) in [7, 11) is 0. The van der Waals surface area contributed by atoms with Crippen molar-refractivity contribution in [1.29, 1.82) is 0 Å². The van der Waals surface area contributed by atoms with Crippen LogP contribution in [0.1, 0.15) is 24.1 Å². The van der Waals surface area contributed by atoms with Crippen molar-refractivity contribution in [3.63, 3.8) is 0 Å². The Morgan fingerprint density at radius 3 is 3.07 bits per heavy atom. The Morgan fingerprint density at radius 1 is 1.47 bits per heavy atom. The standard InChI is InChI=1S/C12H19NOS/c14-11-6-8-13(10-11)7-2-1-4-12-5-3-9-15-12/h3,5,9,11,14H,1-2,4,6-8,10H2/t11-/m1/s1. The van der Waals surface area contributed by atoms with Gasteiger partial charge in [0.15, 0.2) is 0 Å². The van der Waals surface area contributed by atoms with Crippen molar-refractivity contribution in [1.82, 2.24) is 4.90 Å². The van der Waals surface area contributed by atoms with Gasteiger partial charge in [0.05, 0.1) is 6.10 Å². The van der Waals surface area contributed by atoms with Crippen LogP contribution in [0.3, 0.4) is 0 Å². The fraction of sp³-hybridized carbons (Fsp3) is 0.667. The van der Waals surface area contributed by atoms with E-state index in [0.29, 0.717) is 0 Å². The van der Waals surface area contributed by atoms with Crippen LogP contribution in [0, 0.1) is 0 Å². The van der Waals surface area contributed by atoms with Crippen LogP contribution in [0.5, 0.6) is 0 Å². The highest BCUT2D eigenvalue weighted by Crippen LogP contribution is 2.13. The highest BCUT2D eigenvalue weighted by Gasteiger charge is 2.18. The number of unbranched alkanes of at least 4 members (excludes halogenated alkanes) is 1. The molecule has 2 nitrogen and oxygen atoms in total. The summed E-state index contributed by atoms with van der Waals surface area (Å²) in [5, 5.41) is 11.5. The fourth-order valence-corrected chi connectivity index (χ4v) is 2.86. The number of hydrogen-bond donors (Lipinski definition) is 1. The van der Waals surface area contributed by atoms with Crippen LogP contribution in [-0.4, -0.2) is 35.7 Å². The average Bonchev–Trinajstić information content (AvgIpc) is 2.84. The molecule has 0 amide bonds. The first kappa shape index (κ1) is 11.1. The van der Waals surface area contributed by atoms with Crippen molar-refractivity contribution in [2.75, 3.05) is 19.6 Å². The van der Waals surface area contributed by atoms with Gasteiger partial charge in [0.2, 0.25) is 0 Å². The van der Waals surface area contributed by atoms with Gasteiger partial charge in [-0.15, -0.1) is 11.3 Å². The largest absolute Gasteiger partial charge is 0.392 e. The van der Waals surface area contributed by atoms with Gasteiger partial charge >= 0.3 is 0 Å². The van der Waals surface area contributed by atoms with E-state index in [9.17, 15) is 5.11 Å². The van der Waals surface area contributed by atoms with E-state index < -0.39 is 0 Å². The highest BCUT2D eigenvalue weighted by atomic mass is 32.1. The summed E-state index contributed by atoms with van der Waals surface area (Å²) in [6, 6.07) is 4.33. The highest BCUT2D eigenvalue weighted by molar-refractivity contribution is 7.09. The number of aryl methyl sites for hydroxylation is 1.